The summed E-state index contributed by atoms with van der Waals surface area (Å²) in [6.45, 7) is 5.15. The largest absolute Gasteiger partial charge is 0.453 e. The van der Waals surface area contributed by atoms with Crippen molar-refractivity contribution >= 4 is 17.6 Å². The van der Waals surface area contributed by atoms with Gasteiger partial charge in [-0.25, -0.2) is 0 Å². The summed E-state index contributed by atoms with van der Waals surface area (Å²) in [7, 11) is 0. The van der Waals surface area contributed by atoms with Crippen LogP contribution in [-0.2, 0) is 14.3 Å². The molecule has 92 valence electrons. The second-order valence-electron chi connectivity index (χ2n) is 3.79. The van der Waals surface area contributed by atoms with Gasteiger partial charge in [0.15, 0.2) is 6.10 Å². The van der Waals surface area contributed by atoms with Crippen LogP contribution >= 0.6 is 0 Å². The molecule has 0 aliphatic heterocycles. The average molecular weight is 235 g/mol. The molecule has 4 nitrogen and oxygen atoms in total. The number of aryl methyl sites for hydroxylation is 1. The summed E-state index contributed by atoms with van der Waals surface area (Å²) in [5.41, 5.74) is 1.70. The highest BCUT2D eigenvalue weighted by atomic mass is 16.5. The number of para-hydroxylation sites is 1. The number of carbonyl (C=O) groups excluding carboxylic acids is 2. The van der Waals surface area contributed by atoms with Gasteiger partial charge >= 0.3 is 5.97 Å². The molecule has 4 heteroatoms. The van der Waals surface area contributed by atoms with Gasteiger partial charge in [0, 0.05) is 12.1 Å². The second-order valence-corrected chi connectivity index (χ2v) is 3.79. The third-order valence-electron chi connectivity index (χ3n) is 2.37. The van der Waals surface area contributed by atoms with Gasteiger partial charge in [-0.3, -0.25) is 9.59 Å². The standard InChI is InChI=1S/C13H17NO3/c1-4-12(15)17-10(3)13(16)14-11-8-6-5-7-9(11)2/h5-8,10H,4H2,1-3H3,(H,14,16). The van der Waals surface area contributed by atoms with Gasteiger partial charge in [-0.05, 0) is 25.5 Å². The van der Waals surface area contributed by atoms with Crippen LogP contribution < -0.4 is 5.32 Å². The van der Waals surface area contributed by atoms with Crippen molar-refractivity contribution in [3.8, 4) is 0 Å². The van der Waals surface area contributed by atoms with E-state index >= 15 is 0 Å². The van der Waals surface area contributed by atoms with Crippen molar-refractivity contribution in [3.63, 3.8) is 0 Å². The van der Waals surface area contributed by atoms with E-state index in [1.165, 1.54) is 0 Å². The van der Waals surface area contributed by atoms with E-state index < -0.39 is 6.10 Å². The van der Waals surface area contributed by atoms with Gasteiger partial charge in [-0.2, -0.15) is 0 Å². The maximum absolute atomic E-state index is 11.7. The molecule has 0 heterocycles. The molecule has 0 aliphatic carbocycles. The van der Waals surface area contributed by atoms with E-state index in [9.17, 15) is 9.59 Å². The Hall–Kier alpha value is -1.84. The summed E-state index contributed by atoms with van der Waals surface area (Å²) in [6.07, 6.45) is -0.510. The number of carbonyl (C=O) groups is 2. The molecular weight excluding hydrogens is 218 g/mol. The minimum Gasteiger partial charge on any atom is -0.453 e. The molecule has 0 saturated carbocycles. The van der Waals surface area contributed by atoms with Crippen LogP contribution in [0, 0.1) is 6.92 Å². The van der Waals surface area contributed by atoms with Crippen molar-refractivity contribution in [2.45, 2.75) is 33.3 Å². The fourth-order valence-corrected chi connectivity index (χ4v) is 1.28. The summed E-state index contributed by atoms with van der Waals surface area (Å²) >= 11 is 0. The van der Waals surface area contributed by atoms with Crippen molar-refractivity contribution in [2.75, 3.05) is 5.32 Å². The van der Waals surface area contributed by atoms with Gasteiger partial charge in [0.05, 0.1) is 0 Å². The monoisotopic (exact) mass is 235 g/mol. The average Bonchev–Trinajstić information content (AvgIpc) is 2.31. The molecular formula is C13H17NO3. The summed E-state index contributed by atoms with van der Waals surface area (Å²) in [6, 6.07) is 7.44. The van der Waals surface area contributed by atoms with Crippen molar-refractivity contribution in [2.24, 2.45) is 0 Å². The third-order valence-corrected chi connectivity index (χ3v) is 2.37. The van der Waals surface area contributed by atoms with Crippen LogP contribution in [0.1, 0.15) is 25.8 Å². The van der Waals surface area contributed by atoms with Crippen molar-refractivity contribution < 1.29 is 14.3 Å². The first-order valence-corrected chi connectivity index (χ1v) is 5.60. The lowest BCUT2D eigenvalue weighted by Gasteiger charge is -2.14. The molecule has 0 fully saturated rings. The van der Waals surface area contributed by atoms with Gasteiger partial charge < -0.3 is 10.1 Å². The Kier molecular flexibility index (Phi) is 4.69. The number of esters is 1. The zero-order valence-electron chi connectivity index (χ0n) is 10.3. The zero-order chi connectivity index (χ0) is 12.8. The highest BCUT2D eigenvalue weighted by Crippen LogP contribution is 2.13. The predicted octanol–water partition coefficient (Wildman–Crippen LogP) is 2.28. The highest BCUT2D eigenvalue weighted by molar-refractivity contribution is 5.95. The lowest BCUT2D eigenvalue weighted by molar-refractivity contribution is -0.152. The Morgan fingerprint density at radius 2 is 2.00 bits per heavy atom. The summed E-state index contributed by atoms with van der Waals surface area (Å²) in [4.78, 5) is 22.8. The molecule has 1 amide bonds. The van der Waals surface area contributed by atoms with E-state index in [1.807, 2.05) is 31.2 Å². The number of rotatable bonds is 4. The second kappa shape index (κ2) is 6.03. The van der Waals surface area contributed by atoms with Crippen LogP contribution in [0.25, 0.3) is 0 Å². The Labute approximate surface area is 101 Å². The van der Waals surface area contributed by atoms with Crippen LogP contribution in [0.15, 0.2) is 24.3 Å². The number of benzene rings is 1. The molecule has 0 aliphatic rings. The highest BCUT2D eigenvalue weighted by Gasteiger charge is 2.17. The topological polar surface area (TPSA) is 55.4 Å². The molecule has 1 atom stereocenters. The Balaban J connectivity index is 2.60. The van der Waals surface area contributed by atoms with E-state index in [4.69, 9.17) is 4.74 Å². The van der Waals surface area contributed by atoms with Gasteiger partial charge in [-0.15, -0.1) is 0 Å². The number of ether oxygens (including phenoxy) is 1. The maximum Gasteiger partial charge on any atom is 0.306 e. The maximum atomic E-state index is 11.7. The van der Waals surface area contributed by atoms with Crippen LogP contribution in [0.4, 0.5) is 5.69 Å². The lowest BCUT2D eigenvalue weighted by Crippen LogP contribution is -2.29. The molecule has 0 spiro atoms. The number of hydrogen-bond acceptors (Lipinski definition) is 3. The van der Waals surface area contributed by atoms with Crippen molar-refractivity contribution in [1.82, 2.24) is 0 Å². The van der Waals surface area contributed by atoms with E-state index in [0.29, 0.717) is 0 Å². The molecule has 1 rings (SSSR count). The fourth-order valence-electron chi connectivity index (χ4n) is 1.28. The van der Waals surface area contributed by atoms with E-state index in [2.05, 4.69) is 5.32 Å². The molecule has 0 bridgehead atoms. The Morgan fingerprint density at radius 1 is 1.35 bits per heavy atom. The lowest BCUT2D eigenvalue weighted by atomic mass is 10.2. The van der Waals surface area contributed by atoms with E-state index in [-0.39, 0.29) is 18.3 Å². The normalized spacial score (nSPS) is 11.7. The minimum atomic E-state index is -0.776. The van der Waals surface area contributed by atoms with Gasteiger partial charge in [0.1, 0.15) is 0 Å². The van der Waals surface area contributed by atoms with Crippen LogP contribution in [0.2, 0.25) is 0 Å². The zero-order valence-corrected chi connectivity index (χ0v) is 10.3. The number of amides is 1. The summed E-state index contributed by atoms with van der Waals surface area (Å²) in [5.74, 6) is -0.696. The number of hydrogen-bond donors (Lipinski definition) is 1. The molecule has 1 aromatic carbocycles. The molecule has 1 aromatic rings. The van der Waals surface area contributed by atoms with Crippen LogP contribution in [0.5, 0.6) is 0 Å². The van der Waals surface area contributed by atoms with Gasteiger partial charge in [-0.1, -0.05) is 25.1 Å². The third kappa shape index (κ3) is 3.90. The smallest absolute Gasteiger partial charge is 0.306 e. The van der Waals surface area contributed by atoms with Crippen LogP contribution in [-0.4, -0.2) is 18.0 Å². The first-order chi connectivity index (χ1) is 8.04. The van der Waals surface area contributed by atoms with Gasteiger partial charge in [0.25, 0.3) is 5.91 Å². The summed E-state index contributed by atoms with van der Waals surface area (Å²) in [5, 5.41) is 2.72. The molecule has 1 N–H and O–H groups in total. The molecule has 0 aromatic heterocycles. The molecule has 0 radical (unpaired) electrons. The quantitative estimate of drug-likeness (QED) is 0.814. The molecule has 17 heavy (non-hydrogen) atoms. The molecule has 0 saturated heterocycles. The minimum absolute atomic E-state index is 0.266. The summed E-state index contributed by atoms with van der Waals surface area (Å²) < 4.78 is 4.92. The predicted molar refractivity (Wildman–Crippen MR) is 65.7 cm³/mol. The van der Waals surface area contributed by atoms with Gasteiger partial charge in [0.2, 0.25) is 0 Å². The Bertz CT molecular complexity index is 415. The number of nitrogens with one attached hydrogen (secondary N) is 1. The van der Waals surface area contributed by atoms with Crippen LogP contribution in [0.3, 0.4) is 0 Å². The Morgan fingerprint density at radius 3 is 2.59 bits per heavy atom. The fraction of sp³-hybridized carbons (Fsp3) is 0.385. The first kappa shape index (κ1) is 13.2. The number of anilines is 1. The SMILES string of the molecule is CCC(=O)OC(C)C(=O)Nc1ccccc1C. The van der Waals surface area contributed by atoms with Crippen molar-refractivity contribution in [1.29, 1.82) is 0 Å². The van der Waals surface area contributed by atoms with E-state index in [1.54, 1.807) is 13.8 Å². The molecule has 1 unspecified atom stereocenters. The van der Waals surface area contributed by atoms with E-state index in [0.717, 1.165) is 11.3 Å². The first-order valence-electron chi connectivity index (χ1n) is 5.60. The van der Waals surface area contributed by atoms with Crippen molar-refractivity contribution in [3.05, 3.63) is 29.8 Å².